The molecule has 0 fully saturated rings. The molecule has 2 heterocycles. The highest BCUT2D eigenvalue weighted by Gasteiger charge is 2.37. The van der Waals surface area contributed by atoms with Crippen molar-refractivity contribution in [2.45, 2.75) is 39.2 Å². The normalized spacial score (nSPS) is 12.7. The van der Waals surface area contributed by atoms with E-state index in [4.69, 9.17) is 32.9 Å². The lowest BCUT2D eigenvalue weighted by molar-refractivity contribution is -0.123. The fourth-order valence-corrected chi connectivity index (χ4v) is 6.10. The summed E-state index contributed by atoms with van der Waals surface area (Å²) in [7, 11) is 0. The zero-order chi connectivity index (χ0) is 30.1. The Bertz CT molecular complexity index is 1710. The molecule has 13 heteroatoms. The first-order chi connectivity index (χ1) is 19.3. The number of aliphatic hydroxyl groups is 1. The number of carbonyl (C=O) groups is 2. The number of aromatic amines is 1. The van der Waals surface area contributed by atoms with Crippen molar-refractivity contribution in [3.8, 4) is 16.9 Å². The standard InChI is InChI=1S/C28H26Cl2N4O6S/c1-27(2,14-36)19(13-35)40-24(38)23-22(15-8-6-5-7-9-15)33-25(41-23)28(3,4)21-17(29)10-16(11-18(21)30)34-26(39)32-20(37)12-31-34/h5-13,19,36H,14H2,1-4H3,(H,32,37,39). The van der Waals surface area contributed by atoms with E-state index >= 15 is 0 Å². The maximum Gasteiger partial charge on any atom is 0.351 e. The molecule has 2 aromatic heterocycles. The van der Waals surface area contributed by atoms with Crippen LogP contribution in [-0.2, 0) is 14.9 Å². The third-order valence-electron chi connectivity index (χ3n) is 6.54. The molecule has 4 rings (SSSR count). The first-order valence-electron chi connectivity index (χ1n) is 12.3. The van der Waals surface area contributed by atoms with Crippen molar-refractivity contribution in [2.75, 3.05) is 6.61 Å². The smallest absolute Gasteiger partial charge is 0.351 e. The van der Waals surface area contributed by atoms with Gasteiger partial charge in [-0.3, -0.25) is 14.6 Å². The molecule has 2 N–H and O–H groups in total. The lowest BCUT2D eigenvalue weighted by Crippen LogP contribution is -2.38. The van der Waals surface area contributed by atoms with Crippen molar-refractivity contribution < 1.29 is 19.4 Å². The molecular weight excluding hydrogens is 591 g/mol. The Labute approximate surface area is 248 Å². The molecule has 4 aromatic rings. The van der Waals surface area contributed by atoms with E-state index in [0.717, 1.165) is 22.2 Å². The molecule has 0 radical (unpaired) electrons. The summed E-state index contributed by atoms with van der Waals surface area (Å²) in [6.07, 6.45) is 0.258. The number of halogens is 2. The van der Waals surface area contributed by atoms with Crippen LogP contribution in [-0.4, -0.2) is 49.8 Å². The maximum atomic E-state index is 13.4. The number of ether oxygens (including phenoxy) is 1. The van der Waals surface area contributed by atoms with Gasteiger partial charge in [-0.15, -0.1) is 11.3 Å². The van der Waals surface area contributed by atoms with Crippen molar-refractivity contribution in [2.24, 2.45) is 5.41 Å². The molecule has 0 aliphatic heterocycles. The molecule has 1 unspecified atom stereocenters. The molecule has 10 nitrogen and oxygen atoms in total. The van der Waals surface area contributed by atoms with Crippen LogP contribution >= 0.6 is 34.5 Å². The number of rotatable bonds is 9. The molecular formula is C28H26Cl2N4O6S. The summed E-state index contributed by atoms with van der Waals surface area (Å²) in [4.78, 5) is 56.0. The maximum absolute atomic E-state index is 13.4. The highest BCUT2D eigenvalue weighted by Crippen LogP contribution is 2.44. The number of nitrogens with zero attached hydrogens (tertiary/aromatic N) is 3. The van der Waals surface area contributed by atoms with Gasteiger partial charge in [0.2, 0.25) is 0 Å². The van der Waals surface area contributed by atoms with Crippen molar-refractivity contribution in [3.63, 3.8) is 0 Å². The number of esters is 1. The Hall–Kier alpha value is -3.64. The average molecular weight is 618 g/mol. The number of aldehydes is 1. The number of aliphatic hydroxyl groups excluding tert-OH is 1. The van der Waals surface area contributed by atoms with Gasteiger partial charge in [-0.1, -0.05) is 67.4 Å². The zero-order valence-electron chi connectivity index (χ0n) is 22.5. The van der Waals surface area contributed by atoms with Crippen molar-refractivity contribution in [1.82, 2.24) is 19.7 Å². The third-order valence-corrected chi connectivity index (χ3v) is 8.49. The van der Waals surface area contributed by atoms with Crippen LogP contribution in [0.5, 0.6) is 0 Å². The van der Waals surface area contributed by atoms with Gasteiger partial charge in [-0.25, -0.2) is 14.6 Å². The molecule has 0 saturated carbocycles. The summed E-state index contributed by atoms with van der Waals surface area (Å²) in [5, 5.41) is 14.4. The Morgan fingerprint density at radius 2 is 1.78 bits per heavy atom. The van der Waals surface area contributed by atoms with Crippen LogP contribution in [0.25, 0.3) is 16.9 Å². The quantitative estimate of drug-likeness (QED) is 0.208. The van der Waals surface area contributed by atoms with Gasteiger partial charge in [-0.05, 0) is 26.0 Å². The SMILES string of the molecule is CC(C)(c1nc(-c2ccccc2)c(C(=O)OC(C=O)C(C)(C)CO)s1)c1c(Cl)cc(-n2ncc(=O)[nH]c2=O)cc1Cl. The molecule has 0 aliphatic carbocycles. The molecule has 214 valence electrons. The van der Waals surface area contributed by atoms with Gasteiger partial charge >= 0.3 is 11.7 Å². The molecule has 0 bridgehead atoms. The highest BCUT2D eigenvalue weighted by atomic mass is 35.5. The average Bonchev–Trinajstić information content (AvgIpc) is 3.38. The first-order valence-corrected chi connectivity index (χ1v) is 13.9. The molecule has 0 aliphatic rings. The number of nitrogens with one attached hydrogen (secondary N) is 1. The van der Waals surface area contributed by atoms with E-state index in [1.54, 1.807) is 38.1 Å². The molecule has 1 atom stereocenters. The second-order valence-electron chi connectivity index (χ2n) is 10.4. The molecule has 0 saturated heterocycles. The van der Waals surface area contributed by atoms with Gasteiger partial charge in [0.1, 0.15) is 16.1 Å². The third kappa shape index (κ3) is 6.03. The summed E-state index contributed by atoms with van der Waals surface area (Å²) < 4.78 is 6.51. The number of H-pyrrole nitrogens is 1. The van der Waals surface area contributed by atoms with Gasteiger partial charge in [-0.2, -0.15) is 9.78 Å². The summed E-state index contributed by atoms with van der Waals surface area (Å²) in [6.45, 7) is 6.52. The second kappa shape index (κ2) is 11.7. The van der Waals surface area contributed by atoms with E-state index in [2.05, 4.69) is 10.1 Å². The summed E-state index contributed by atoms with van der Waals surface area (Å²) in [5.74, 6) is -0.766. The number of carbonyl (C=O) groups excluding carboxylic acids is 2. The van der Waals surface area contributed by atoms with E-state index in [0.29, 0.717) is 28.1 Å². The minimum Gasteiger partial charge on any atom is -0.450 e. The molecule has 41 heavy (non-hydrogen) atoms. The number of thiazole rings is 1. The summed E-state index contributed by atoms with van der Waals surface area (Å²) in [5.41, 5.74) is -1.64. The van der Waals surface area contributed by atoms with Crippen LogP contribution in [0, 0.1) is 5.41 Å². The Balaban J connectivity index is 1.82. The van der Waals surface area contributed by atoms with E-state index in [1.165, 1.54) is 12.1 Å². The fraction of sp³-hybridized carbons (Fsp3) is 0.286. The van der Waals surface area contributed by atoms with Gasteiger partial charge < -0.3 is 9.84 Å². The van der Waals surface area contributed by atoms with Crippen LogP contribution in [0.3, 0.4) is 0 Å². The molecule has 0 spiro atoms. The Morgan fingerprint density at radius 1 is 1.15 bits per heavy atom. The molecule has 2 aromatic carbocycles. The predicted octanol–water partition coefficient (Wildman–Crippen LogP) is 4.42. The van der Waals surface area contributed by atoms with E-state index in [-0.39, 0.29) is 27.2 Å². The summed E-state index contributed by atoms with van der Waals surface area (Å²) in [6, 6.07) is 12.0. The minimum absolute atomic E-state index is 0.160. The Kier molecular flexibility index (Phi) is 8.65. The van der Waals surface area contributed by atoms with Crippen LogP contribution in [0.4, 0.5) is 0 Å². The second-order valence-corrected chi connectivity index (χ2v) is 12.2. The lowest BCUT2D eigenvalue weighted by Gasteiger charge is -2.27. The van der Waals surface area contributed by atoms with Gasteiger partial charge in [0.05, 0.1) is 18.0 Å². The van der Waals surface area contributed by atoms with Crippen LogP contribution in [0.15, 0.2) is 58.3 Å². The first kappa shape index (κ1) is 30.3. The number of benzene rings is 2. The monoisotopic (exact) mass is 616 g/mol. The zero-order valence-corrected chi connectivity index (χ0v) is 24.8. The predicted molar refractivity (Wildman–Crippen MR) is 156 cm³/mol. The minimum atomic E-state index is -1.19. The van der Waals surface area contributed by atoms with Crippen LogP contribution < -0.4 is 11.2 Å². The fourth-order valence-electron chi connectivity index (χ4n) is 4.07. The number of aromatic nitrogens is 4. The van der Waals surface area contributed by atoms with Crippen molar-refractivity contribution in [1.29, 1.82) is 0 Å². The summed E-state index contributed by atoms with van der Waals surface area (Å²) >= 11 is 14.5. The Morgan fingerprint density at radius 3 is 2.34 bits per heavy atom. The largest absolute Gasteiger partial charge is 0.450 e. The van der Waals surface area contributed by atoms with Gasteiger partial charge in [0, 0.05) is 32.0 Å². The number of hydrogen-bond donors (Lipinski definition) is 2. The van der Waals surface area contributed by atoms with E-state index in [9.17, 15) is 24.3 Å². The van der Waals surface area contributed by atoms with Gasteiger partial charge in [0.25, 0.3) is 5.56 Å². The van der Waals surface area contributed by atoms with E-state index in [1.807, 2.05) is 19.9 Å². The van der Waals surface area contributed by atoms with Crippen molar-refractivity contribution >= 4 is 46.8 Å². The van der Waals surface area contributed by atoms with Gasteiger partial charge in [0.15, 0.2) is 12.4 Å². The molecule has 0 amide bonds. The van der Waals surface area contributed by atoms with Crippen LogP contribution in [0.2, 0.25) is 10.0 Å². The number of hydrogen-bond acceptors (Lipinski definition) is 9. The van der Waals surface area contributed by atoms with Crippen molar-refractivity contribution in [3.05, 3.63) is 95.0 Å². The van der Waals surface area contributed by atoms with E-state index < -0.39 is 34.2 Å². The van der Waals surface area contributed by atoms with Crippen LogP contribution in [0.1, 0.15) is 47.9 Å². The highest BCUT2D eigenvalue weighted by molar-refractivity contribution is 7.14. The topological polar surface area (TPSA) is 144 Å². The lowest BCUT2D eigenvalue weighted by atomic mass is 9.85.